The van der Waals surface area contributed by atoms with Crippen molar-refractivity contribution in [3.05, 3.63) is 34.5 Å². The molecule has 0 aliphatic heterocycles. The number of rotatable bonds is 1. The number of hydrogen-bond donors (Lipinski definition) is 0. The standard InChI is InChI=1S/C10H7F3S/c1-5-2-6-8(11)4-14-9(6)7(3-5)10(12)13/h2-4,10H,1H3. The van der Waals surface area contributed by atoms with Gasteiger partial charge < -0.3 is 0 Å². The van der Waals surface area contributed by atoms with Gasteiger partial charge in [0.25, 0.3) is 6.43 Å². The minimum atomic E-state index is -2.55. The quantitative estimate of drug-likeness (QED) is 0.667. The molecule has 0 atom stereocenters. The van der Waals surface area contributed by atoms with Crippen LogP contribution in [0.5, 0.6) is 0 Å². The number of hydrogen-bond acceptors (Lipinski definition) is 1. The molecule has 0 saturated carbocycles. The molecule has 1 aromatic carbocycles. The van der Waals surface area contributed by atoms with Crippen molar-refractivity contribution < 1.29 is 13.2 Å². The Kier molecular flexibility index (Phi) is 2.23. The predicted octanol–water partition coefficient (Wildman–Crippen LogP) is 4.29. The smallest absolute Gasteiger partial charge is 0.205 e. The van der Waals surface area contributed by atoms with E-state index in [4.69, 9.17) is 0 Å². The lowest BCUT2D eigenvalue weighted by Gasteiger charge is -2.03. The van der Waals surface area contributed by atoms with Crippen LogP contribution in [0.1, 0.15) is 17.6 Å². The van der Waals surface area contributed by atoms with E-state index in [2.05, 4.69) is 0 Å². The lowest BCUT2D eigenvalue weighted by Crippen LogP contribution is -1.86. The fourth-order valence-electron chi connectivity index (χ4n) is 1.45. The first-order chi connectivity index (χ1) is 6.59. The van der Waals surface area contributed by atoms with Gasteiger partial charge >= 0.3 is 0 Å². The topological polar surface area (TPSA) is 0 Å². The molecule has 0 saturated heterocycles. The molecular weight excluding hydrogens is 209 g/mol. The summed E-state index contributed by atoms with van der Waals surface area (Å²) in [6.45, 7) is 1.68. The normalized spacial score (nSPS) is 11.5. The average molecular weight is 216 g/mol. The SMILES string of the molecule is Cc1cc(C(F)F)c2scc(F)c2c1. The molecule has 1 heterocycles. The molecule has 74 valence electrons. The molecule has 4 heteroatoms. The van der Waals surface area contributed by atoms with Gasteiger partial charge in [0.1, 0.15) is 5.82 Å². The first kappa shape index (κ1) is 9.52. The maximum absolute atomic E-state index is 13.1. The zero-order chi connectivity index (χ0) is 10.3. The summed E-state index contributed by atoms with van der Waals surface area (Å²) in [7, 11) is 0. The highest BCUT2D eigenvalue weighted by Gasteiger charge is 2.15. The van der Waals surface area contributed by atoms with Crippen LogP contribution in [0.3, 0.4) is 0 Å². The summed E-state index contributed by atoms with van der Waals surface area (Å²) in [6, 6.07) is 3.00. The van der Waals surface area contributed by atoms with Gasteiger partial charge in [-0.2, -0.15) is 0 Å². The fourth-order valence-corrected chi connectivity index (χ4v) is 2.36. The van der Waals surface area contributed by atoms with E-state index in [0.29, 0.717) is 15.6 Å². The molecular formula is C10H7F3S. The second kappa shape index (κ2) is 3.28. The molecule has 0 radical (unpaired) electrons. The van der Waals surface area contributed by atoms with Gasteiger partial charge in [0.15, 0.2) is 0 Å². The summed E-state index contributed by atoms with van der Waals surface area (Å²) in [5, 5.41) is 1.56. The average Bonchev–Trinajstić information content (AvgIpc) is 2.47. The summed E-state index contributed by atoms with van der Waals surface area (Å²) in [4.78, 5) is 0. The minimum absolute atomic E-state index is 0.0751. The van der Waals surface area contributed by atoms with Crippen LogP contribution in [0.15, 0.2) is 17.5 Å². The number of halogens is 3. The Morgan fingerprint density at radius 1 is 1.29 bits per heavy atom. The van der Waals surface area contributed by atoms with Gasteiger partial charge in [0.05, 0.1) is 0 Å². The highest BCUT2D eigenvalue weighted by atomic mass is 32.1. The van der Waals surface area contributed by atoms with Crippen LogP contribution in [0.25, 0.3) is 10.1 Å². The highest BCUT2D eigenvalue weighted by Crippen LogP contribution is 2.34. The first-order valence-corrected chi connectivity index (χ1v) is 4.93. The highest BCUT2D eigenvalue weighted by molar-refractivity contribution is 7.17. The van der Waals surface area contributed by atoms with Crippen molar-refractivity contribution in [2.24, 2.45) is 0 Å². The summed E-state index contributed by atoms with van der Waals surface area (Å²) in [6.07, 6.45) is -2.55. The van der Waals surface area contributed by atoms with Gasteiger partial charge in [-0.15, -0.1) is 11.3 Å². The second-order valence-corrected chi connectivity index (χ2v) is 3.99. The second-order valence-electron chi connectivity index (χ2n) is 3.12. The van der Waals surface area contributed by atoms with E-state index < -0.39 is 12.2 Å². The summed E-state index contributed by atoms with van der Waals surface area (Å²) in [5.74, 6) is -0.421. The molecule has 0 fully saturated rings. The number of aryl methyl sites for hydroxylation is 1. The van der Waals surface area contributed by atoms with E-state index in [1.165, 1.54) is 11.4 Å². The summed E-state index contributed by atoms with van der Waals surface area (Å²) in [5.41, 5.74) is 0.582. The van der Waals surface area contributed by atoms with Crippen LogP contribution in [0.2, 0.25) is 0 Å². The largest absolute Gasteiger partial charge is 0.265 e. The maximum Gasteiger partial charge on any atom is 0.265 e. The Bertz CT molecular complexity index is 473. The van der Waals surface area contributed by atoms with Gasteiger partial charge in [-0.1, -0.05) is 0 Å². The zero-order valence-electron chi connectivity index (χ0n) is 7.35. The van der Waals surface area contributed by atoms with E-state index in [1.807, 2.05) is 0 Å². The number of alkyl halides is 2. The third-order valence-corrected chi connectivity index (χ3v) is 3.05. The molecule has 2 aromatic rings. The third kappa shape index (κ3) is 1.39. The van der Waals surface area contributed by atoms with E-state index in [0.717, 1.165) is 11.3 Å². The van der Waals surface area contributed by atoms with Crippen molar-refractivity contribution in [1.29, 1.82) is 0 Å². The number of benzene rings is 1. The molecule has 0 unspecified atom stereocenters. The molecule has 1 aromatic heterocycles. The molecule has 2 rings (SSSR count). The molecule has 14 heavy (non-hydrogen) atoms. The fraction of sp³-hybridized carbons (Fsp3) is 0.200. The van der Waals surface area contributed by atoms with Crippen molar-refractivity contribution in [3.8, 4) is 0 Å². The van der Waals surface area contributed by atoms with Crippen molar-refractivity contribution in [2.45, 2.75) is 13.3 Å². The first-order valence-electron chi connectivity index (χ1n) is 4.05. The summed E-state index contributed by atoms with van der Waals surface area (Å²) < 4.78 is 38.6. The molecule has 0 aliphatic rings. The Hall–Kier alpha value is -1.03. The van der Waals surface area contributed by atoms with Gasteiger partial charge in [0.2, 0.25) is 0 Å². The molecule has 0 N–H and O–H groups in total. The van der Waals surface area contributed by atoms with Gasteiger partial charge in [-0.3, -0.25) is 0 Å². The van der Waals surface area contributed by atoms with Crippen LogP contribution in [0.4, 0.5) is 13.2 Å². The Morgan fingerprint density at radius 2 is 2.00 bits per heavy atom. The van der Waals surface area contributed by atoms with Gasteiger partial charge in [-0.25, -0.2) is 13.2 Å². The van der Waals surface area contributed by atoms with Gasteiger partial charge in [-0.05, 0) is 24.6 Å². The molecule has 0 aliphatic carbocycles. The number of fused-ring (bicyclic) bond motifs is 1. The van der Waals surface area contributed by atoms with Gasteiger partial charge in [0, 0.05) is 21.0 Å². The van der Waals surface area contributed by atoms with Crippen molar-refractivity contribution in [2.75, 3.05) is 0 Å². The monoisotopic (exact) mass is 216 g/mol. The molecule has 0 bridgehead atoms. The van der Waals surface area contributed by atoms with Crippen LogP contribution in [-0.2, 0) is 0 Å². The number of thiophene rings is 1. The van der Waals surface area contributed by atoms with Crippen LogP contribution < -0.4 is 0 Å². The van der Waals surface area contributed by atoms with Crippen LogP contribution in [-0.4, -0.2) is 0 Å². The van der Waals surface area contributed by atoms with E-state index >= 15 is 0 Å². The van der Waals surface area contributed by atoms with E-state index in [1.54, 1.807) is 13.0 Å². The molecule has 0 nitrogen and oxygen atoms in total. The Labute approximate surface area is 83.0 Å². The van der Waals surface area contributed by atoms with E-state index in [9.17, 15) is 13.2 Å². The maximum atomic E-state index is 13.1. The predicted molar refractivity (Wildman–Crippen MR) is 51.5 cm³/mol. The van der Waals surface area contributed by atoms with Crippen LogP contribution >= 0.6 is 11.3 Å². The minimum Gasteiger partial charge on any atom is -0.205 e. The van der Waals surface area contributed by atoms with Crippen LogP contribution in [0, 0.1) is 12.7 Å². The lowest BCUT2D eigenvalue weighted by atomic mass is 10.1. The third-order valence-electron chi connectivity index (χ3n) is 2.03. The summed E-state index contributed by atoms with van der Waals surface area (Å²) >= 11 is 1.02. The van der Waals surface area contributed by atoms with Crippen molar-refractivity contribution in [1.82, 2.24) is 0 Å². The van der Waals surface area contributed by atoms with Crippen molar-refractivity contribution >= 4 is 21.4 Å². The lowest BCUT2D eigenvalue weighted by molar-refractivity contribution is 0.153. The zero-order valence-corrected chi connectivity index (χ0v) is 8.17. The molecule has 0 spiro atoms. The van der Waals surface area contributed by atoms with Crippen molar-refractivity contribution in [3.63, 3.8) is 0 Å². The Morgan fingerprint density at radius 3 is 2.64 bits per heavy atom. The molecule has 0 amide bonds. The Balaban J connectivity index is 2.82. The van der Waals surface area contributed by atoms with E-state index in [-0.39, 0.29) is 5.56 Å².